The van der Waals surface area contributed by atoms with Crippen LogP contribution in [0.2, 0.25) is 0 Å². The fraction of sp³-hybridized carbons (Fsp3) is 0.318. The number of likely N-dealkylation sites (N-methyl/N-ethyl adjacent to an activating group) is 1. The van der Waals surface area contributed by atoms with Crippen molar-refractivity contribution in [3.05, 3.63) is 64.9 Å². The van der Waals surface area contributed by atoms with E-state index in [1.807, 2.05) is 31.2 Å². The number of rotatable bonds is 9. The maximum absolute atomic E-state index is 13.3. The fourth-order valence-corrected chi connectivity index (χ4v) is 3.96. The van der Waals surface area contributed by atoms with Gasteiger partial charge in [0.05, 0.1) is 15.2 Å². The second-order valence-corrected chi connectivity index (χ2v) is 7.74. The van der Waals surface area contributed by atoms with Crippen LogP contribution >= 0.6 is 11.3 Å². The Morgan fingerprint density at radius 2 is 2.00 bits per heavy atom. The van der Waals surface area contributed by atoms with Crippen LogP contribution in [0.3, 0.4) is 0 Å². The van der Waals surface area contributed by atoms with E-state index in [9.17, 15) is 14.0 Å². The predicted octanol–water partition coefficient (Wildman–Crippen LogP) is 4.35. The van der Waals surface area contributed by atoms with Crippen LogP contribution in [0.5, 0.6) is 0 Å². The molecule has 0 fully saturated rings. The summed E-state index contributed by atoms with van der Waals surface area (Å²) >= 11 is 1.63. The highest BCUT2D eigenvalue weighted by molar-refractivity contribution is 7.18. The number of carbonyl (C=O) groups excluding carboxylic acids is 2. The Hall–Kier alpha value is -2.80. The number of nitrogens with zero attached hydrogens (tertiary/aromatic N) is 2. The molecule has 152 valence electrons. The van der Waals surface area contributed by atoms with E-state index in [4.69, 9.17) is 4.74 Å². The molecule has 1 aromatic heterocycles. The second-order valence-electron chi connectivity index (χ2n) is 6.63. The van der Waals surface area contributed by atoms with Crippen molar-refractivity contribution in [3.63, 3.8) is 0 Å². The highest BCUT2D eigenvalue weighted by atomic mass is 32.1. The van der Waals surface area contributed by atoms with Gasteiger partial charge >= 0.3 is 5.97 Å². The minimum Gasteiger partial charge on any atom is -0.456 e. The van der Waals surface area contributed by atoms with E-state index in [0.29, 0.717) is 24.9 Å². The number of benzene rings is 2. The van der Waals surface area contributed by atoms with Gasteiger partial charge in [0.25, 0.3) is 5.91 Å². The number of halogens is 1. The molecule has 2 aromatic carbocycles. The largest absolute Gasteiger partial charge is 0.456 e. The summed E-state index contributed by atoms with van der Waals surface area (Å²) in [7, 11) is 0. The Kier molecular flexibility index (Phi) is 7.30. The third-order valence-corrected chi connectivity index (χ3v) is 5.56. The molecule has 5 nitrogen and oxygen atoms in total. The Morgan fingerprint density at radius 1 is 1.17 bits per heavy atom. The molecule has 0 atom stereocenters. The summed E-state index contributed by atoms with van der Waals surface area (Å²) in [4.78, 5) is 30.3. The Balaban J connectivity index is 1.41. The molecular weight excluding hydrogens is 391 g/mol. The Labute approximate surface area is 173 Å². The fourth-order valence-electron chi connectivity index (χ4n) is 2.95. The lowest BCUT2D eigenvalue weighted by Crippen LogP contribution is -2.34. The monoisotopic (exact) mass is 414 g/mol. The molecule has 0 N–H and O–H groups in total. The molecule has 3 aromatic rings. The SMILES string of the molecule is CCN(Cc1cccc(F)c1)C(=O)COC(=O)CCCc1nc2ccccc2s1. The molecule has 1 amide bonds. The summed E-state index contributed by atoms with van der Waals surface area (Å²) in [6, 6.07) is 14.0. The number of carbonyl (C=O) groups is 2. The zero-order valence-electron chi connectivity index (χ0n) is 16.3. The summed E-state index contributed by atoms with van der Waals surface area (Å²) in [6.07, 6.45) is 1.55. The number of para-hydroxylation sites is 1. The third-order valence-electron chi connectivity index (χ3n) is 4.46. The number of aromatic nitrogens is 1. The van der Waals surface area contributed by atoms with Crippen molar-refractivity contribution in [1.29, 1.82) is 0 Å². The highest BCUT2D eigenvalue weighted by Gasteiger charge is 2.15. The molecule has 0 aliphatic heterocycles. The van der Waals surface area contributed by atoms with E-state index in [0.717, 1.165) is 15.2 Å². The number of aryl methyl sites for hydroxylation is 1. The van der Waals surface area contributed by atoms with Gasteiger partial charge in [0.15, 0.2) is 6.61 Å². The van der Waals surface area contributed by atoms with E-state index in [1.54, 1.807) is 23.5 Å². The molecule has 0 aliphatic rings. The zero-order valence-corrected chi connectivity index (χ0v) is 17.1. The number of esters is 1. The van der Waals surface area contributed by atoms with Crippen LogP contribution in [0.4, 0.5) is 4.39 Å². The lowest BCUT2D eigenvalue weighted by molar-refractivity contribution is -0.152. The number of ether oxygens (including phenoxy) is 1. The minimum absolute atomic E-state index is 0.235. The molecule has 0 bridgehead atoms. The van der Waals surface area contributed by atoms with Crippen molar-refractivity contribution in [1.82, 2.24) is 9.88 Å². The van der Waals surface area contributed by atoms with E-state index in [1.165, 1.54) is 17.0 Å². The summed E-state index contributed by atoms with van der Waals surface area (Å²) < 4.78 is 19.6. The smallest absolute Gasteiger partial charge is 0.306 e. The molecule has 0 aliphatic carbocycles. The van der Waals surface area contributed by atoms with Crippen molar-refractivity contribution < 1.29 is 18.7 Å². The summed E-state index contributed by atoms with van der Waals surface area (Å²) in [5, 5.41) is 0.988. The van der Waals surface area contributed by atoms with Gasteiger partial charge in [0.1, 0.15) is 5.82 Å². The van der Waals surface area contributed by atoms with Crippen LogP contribution in [0.15, 0.2) is 48.5 Å². The quantitative estimate of drug-likeness (QED) is 0.489. The van der Waals surface area contributed by atoms with Crippen LogP contribution in [0.25, 0.3) is 10.2 Å². The molecule has 7 heteroatoms. The topological polar surface area (TPSA) is 59.5 Å². The van der Waals surface area contributed by atoms with Crippen LogP contribution < -0.4 is 0 Å². The molecule has 3 rings (SSSR count). The Morgan fingerprint density at radius 3 is 2.76 bits per heavy atom. The van der Waals surface area contributed by atoms with Crippen molar-refractivity contribution in [2.45, 2.75) is 32.7 Å². The first-order valence-electron chi connectivity index (χ1n) is 9.57. The first-order chi connectivity index (χ1) is 14.0. The number of amides is 1. The predicted molar refractivity (Wildman–Crippen MR) is 111 cm³/mol. The molecule has 1 heterocycles. The molecule has 0 saturated carbocycles. The van der Waals surface area contributed by atoms with E-state index < -0.39 is 5.97 Å². The summed E-state index contributed by atoms with van der Waals surface area (Å²) in [6.45, 7) is 2.26. The number of hydrogen-bond acceptors (Lipinski definition) is 5. The van der Waals surface area contributed by atoms with Gasteiger partial charge in [-0.3, -0.25) is 9.59 Å². The number of fused-ring (bicyclic) bond motifs is 1. The van der Waals surface area contributed by atoms with Gasteiger partial charge < -0.3 is 9.64 Å². The van der Waals surface area contributed by atoms with Crippen molar-refractivity contribution >= 4 is 33.4 Å². The molecule has 29 heavy (non-hydrogen) atoms. The van der Waals surface area contributed by atoms with E-state index >= 15 is 0 Å². The normalized spacial score (nSPS) is 10.8. The van der Waals surface area contributed by atoms with Gasteiger partial charge in [0, 0.05) is 19.5 Å². The summed E-state index contributed by atoms with van der Waals surface area (Å²) in [5.74, 6) is -1.04. The third kappa shape index (κ3) is 6.09. The van der Waals surface area contributed by atoms with Crippen LogP contribution in [-0.4, -0.2) is 34.9 Å². The van der Waals surface area contributed by atoms with Gasteiger partial charge in [-0.25, -0.2) is 9.37 Å². The average molecular weight is 415 g/mol. The average Bonchev–Trinajstić information content (AvgIpc) is 3.13. The molecule has 0 saturated heterocycles. The first kappa shape index (κ1) is 20.9. The standard InChI is InChI=1S/C22H23FN2O3S/c1-2-25(14-16-7-5-8-17(23)13-16)21(26)15-28-22(27)12-6-11-20-24-18-9-3-4-10-19(18)29-20/h3-5,7-10,13H,2,6,11-12,14-15H2,1H3. The first-order valence-corrected chi connectivity index (χ1v) is 10.4. The molecule has 0 unspecified atom stereocenters. The highest BCUT2D eigenvalue weighted by Crippen LogP contribution is 2.22. The van der Waals surface area contributed by atoms with Gasteiger partial charge in [-0.1, -0.05) is 24.3 Å². The minimum atomic E-state index is -0.402. The van der Waals surface area contributed by atoms with Crippen LogP contribution in [-0.2, 0) is 27.3 Å². The van der Waals surface area contributed by atoms with Gasteiger partial charge in [-0.15, -0.1) is 11.3 Å². The Bertz CT molecular complexity index is 956. The molecule has 0 spiro atoms. The van der Waals surface area contributed by atoms with Gasteiger partial charge in [-0.05, 0) is 49.6 Å². The van der Waals surface area contributed by atoms with Crippen LogP contribution in [0.1, 0.15) is 30.3 Å². The second kappa shape index (κ2) is 10.1. The van der Waals surface area contributed by atoms with Crippen molar-refractivity contribution in [2.75, 3.05) is 13.2 Å². The molecule has 0 radical (unpaired) electrons. The number of thiazole rings is 1. The van der Waals surface area contributed by atoms with Crippen molar-refractivity contribution in [3.8, 4) is 0 Å². The van der Waals surface area contributed by atoms with Crippen molar-refractivity contribution in [2.24, 2.45) is 0 Å². The number of hydrogen-bond donors (Lipinski definition) is 0. The maximum atomic E-state index is 13.3. The maximum Gasteiger partial charge on any atom is 0.306 e. The van der Waals surface area contributed by atoms with E-state index in [-0.39, 0.29) is 31.3 Å². The lowest BCUT2D eigenvalue weighted by Gasteiger charge is -2.21. The lowest BCUT2D eigenvalue weighted by atomic mass is 10.2. The van der Waals surface area contributed by atoms with Gasteiger partial charge in [-0.2, -0.15) is 0 Å². The summed E-state index contributed by atoms with van der Waals surface area (Å²) in [5.41, 5.74) is 1.67. The zero-order chi connectivity index (χ0) is 20.6. The van der Waals surface area contributed by atoms with E-state index in [2.05, 4.69) is 4.98 Å². The van der Waals surface area contributed by atoms with Crippen LogP contribution in [0, 0.1) is 5.82 Å². The molecular formula is C22H23FN2O3S. The van der Waals surface area contributed by atoms with Gasteiger partial charge in [0.2, 0.25) is 0 Å².